The molecule has 1 fully saturated rings. The quantitative estimate of drug-likeness (QED) is 0.823. The predicted octanol–water partition coefficient (Wildman–Crippen LogP) is 1.71. The van der Waals surface area contributed by atoms with Crippen LogP contribution in [-0.2, 0) is 16.1 Å². The van der Waals surface area contributed by atoms with Crippen LogP contribution in [0.1, 0.15) is 18.4 Å². The summed E-state index contributed by atoms with van der Waals surface area (Å²) in [7, 11) is 0. The molecule has 1 aliphatic rings. The highest BCUT2D eigenvalue weighted by Crippen LogP contribution is 2.25. The van der Waals surface area contributed by atoms with Gasteiger partial charge < -0.3 is 15.2 Å². The van der Waals surface area contributed by atoms with Crippen molar-refractivity contribution >= 4 is 0 Å². The van der Waals surface area contributed by atoms with Gasteiger partial charge in [0.05, 0.1) is 13.2 Å². The van der Waals surface area contributed by atoms with Gasteiger partial charge in [0.2, 0.25) is 0 Å². The minimum Gasteiger partial charge on any atom is -0.374 e. The van der Waals surface area contributed by atoms with Gasteiger partial charge >= 0.3 is 0 Å². The lowest BCUT2D eigenvalue weighted by Gasteiger charge is -2.26. The van der Waals surface area contributed by atoms with E-state index in [1.165, 1.54) is 5.56 Å². The predicted molar refractivity (Wildman–Crippen MR) is 63.1 cm³/mol. The third kappa shape index (κ3) is 2.82. The smallest absolute Gasteiger partial charge is 0.104 e. The monoisotopic (exact) mass is 221 g/mol. The van der Waals surface area contributed by atoms with Crippen LogP contribution in [0.4, 0.5) is 0 Å². The fraction of sp³-hybridized carbons (Fsp3) is 0.538. The first-order valence-electron chi connectivity index (χ1n) is 5.80. The van der Waals surface area contributed by atoms with Gasteiger partial charge in [0.1, 0.15) is 5.60 Å². The fourth-order valence-corrected chi connectivity index (χ4v) is 2.02. The SMILES string of the molecule is NCC1(COCc2ccccc2)CCCO1. The fourth-order valence-electron chi connectivity index (χ4n) is 2.02. The first kappa shape index (κ1) is 11.6. The summed E-state index contributed by atoms with van der Waals surface area (Å²) >= 11 is 0. The summed E-state index contributed by atoms with van der Waals surface area (Å²) < 4.78 is 11.4. The van der Waals surface area contributed by atoms with Crippen LogP contribution < -0.4 is 5.73 Å². The van der Waals surface area contributed by atoms with Crippen LogP contribution in [0.2, 0.25) is 0 Å². The molecule has 0 bridgehead atoms. The van der Waals surface area contributed by atoms with Gasteiger partial charge in [0.15, 0.2) is 0 Å². The number of ether oxygens (including phenoxy) is 2. The molecule has 88 valence electrons. The molecule has 3 heteroatoms. The Morgan fingerprint density at radius 3 is 2.75 bits per heavy atom. The Hall–Kier alpha value is -0.900. The maximum atomic E-state index is 5.74. The van der Waals surface area contributed by atoms with Gasteiger partial charge in [-0.15, -0.1) is 0 Å². The molecule has 0 saturated carbocycles. The third-order valence-electron chi connectivity index (χ3n) is 3.03. The van der Waals surface area contributed by atoms with Crippen LogP contribution >= 0.6 is 0 Å². The number of hydrogen-bond acceptors (Lipinski definition) is 3. The summed E-state index contributed by atoms with van der Waals surface area (Å²) in [6, 6.07) is 10.2. The van der Waals surface area contributed by atoms with E-state index in [0.717, 1.165) is 19.4 Å². The van der Waals surface area contributed by atoms with Gasteiger partial charge in [0, 0.05) is 13.2 Å². The molecule has 0 aliphatic carbocycles. The third-order valence-corrected chi connectivity index (χ3v) is 3.03. The van der Waals surface area contributed by atoms with Crippen molar-refractivity contribution in [2.24, 2.45) is 5.73 Å². The second-order valence-corrected chi connectivity index (χ2v) is 4.32. The zero-order valence-corrected chi connectivity index (χ0v) is 9.52. The summed E-state index contributed by atoms with van der Waals surface area (Å²) in [6.07, 6.45) is 2.10. The Morgan fingerprint density at radius 1 is 1.31 bits per heavy atom. The number of rotatable bonds is 5. The van der Waals surface area contributed by atoms with E-state index in [1.807, 2.05) is 18.2 Å². The summed E-state index contributed by atoms with van der Waals surface area (Å²) in [4.78, 5) is 0. The van der Waals surface area contributed by atoms with E-state index in [2.05, 4.69) is 12.1 Å². The molecule has 1 heterocycles. The van der Waals surface area contributed by atoms with Crippen molar-refractivity contribution < 1.29 is 9.47 Å². The highest BCUT2D eigenvalue weighted by Gasteiger charge is 2.33. The van der Waals surface area contributed by atoms with Crippen LogP contribution in [0.15, 0.2) is 30.3 Å². The van der Waals surface area contributed by atoms with Crippen molar-refractivity contribution in [3.63, 3.8) is 0 Å². The summed E-state index contributed by atoms with van der Waals surface area (Å²) in [5, 5.41) is 0. The minimum absolute atomic E-state index is 0.227. The van der Waals surface area contributed by atoms with E-state index in [0.29, 0.717) is 19.8 Å². The van der Waals surface area contributed by atoms with Crippen LogP contribution in [-0.4, -0.2) is 25.4 Å². The van der Waals surface area contributed by atoms with Crippen molar-refractivity contribution in [3.05, 3.63) is 35.9 Å². The molecule has 1 aromatic carbocycles. The van der Waals surface area contributed by atoms with E-state index in [9.17, 15) is 0 Å². The molecule has 1 saturated heterocycles. The molecular weight excluding hydrogens is 202 g/mol. The van der Waals surface area contributed by atoms with E-state index in [1.54, 1.807) is 0 Å². The molecular formula is C13H19NO2. The molecule has 3 nitrogen and oxygen atoms in total. The zero-order valence-electron chi connectivity index (χ0n) is 9.52. The zero-order chi connectivity index (χ0) is 11.3. The van der Waals surface area contributed by atoms with Crippen molar-refractivity contribution in [1.29, 1.82) is 0 Å². The summed E-state index contributed by atoms with van der Waals surface area (Å²) in [5.74, 6) is 0. The largest absolute Gasteiger partial charge is 0.374 e. The first-order valence-corrected chi connectivity index (χ1v) is 5.80. The summed E-state index contributed by atoms with van der Waals surface area (Å²) in [6.45, 7) is 2.58. The Labute approximate surface area is 96.5 Å². The molecule has 0 radical (unpaired) electrons. The van der Waals surface area contributed by atoms with Crippen molar-refractivity contribution in [2.45, 2.75) is 25.0 Å². The van der Waals surface area contributed by atoms with Gasteiger partial charge in [-0.2, -0.15) is 0 Å². The Kier molecular flexibility index (Phi) is 3.93. The van der Waals surface area contributed by atoms with Crippen LogP contribution in [0.3, 0.4) is 0 Å². The normalized spacial score (nSPS) is 24.8. The second-order valence-electron chi connectivity index (χ2n) is 4.32. The van der Waals surface area contributed by atoms with Crippen LogP contribution in [0.5, 0.6) is 0 Å². The van der Waals surface area contributed by atoms with E-state index in [-0.39, 0.29) is 5.60 Å². The number of benzene rings is 1. The topological polar surface area (TPSA) is 44.5 Å². The molecule has 0 amide bonds. The molecule has 1 atom stereocenters. The van der Waals surface area contributed by atoms with E-state index >= 15 is 0 Å². The molecule has 1 aromatic rings. The van der Waals surface area contributed by atoms with Crippen molar-refractivity contribution in [2.75, 3.05) is 19.8 Å². The molecule has 1 unspecified atom stereocenters. The second kappa shape index (κ2) is 5.43. The maximum Gasteiger partial charge on any atom is 0.104 e. The lowest BCUT2D eigenvalue weighted by molar-refractivity contribution is -0.0617. The van der Waals surface area contributed by atoms with E-state index < -0.39 is 0 Å². The minimum atomic E-state index is -0.227. The lowest BCUT2D eigenvalue weighted by Crippen LogP contribution is -2.41. The van der Waals surface area contributed by atoms with Gasteiger partial charge in [-0.3, -0.25) is 0 Å². The standard InChI is InChI=1S/C13H19NO2/c14-10-13(7-4-8-16-13)11-15-9-12-5-2-1-3-6-12/h1-3,5-6H,4,7-11,14H2. The molecule has 2 N–H and O–H groups in total. The molecule has 0 spiro atoms. The average molecular weight is 221 g/mol. The number of nitrogens with two attached hydrogens (primary N) is 1. The highest BCUT2D eigenvalue weighted by atomic mass is 16.5. The van der Waals surface area contributed by atoms with Crippen molar-refractivity contribution in [1.82, 2.24) is 0 Å². The summed E-state index contributed by atoms with van der Waals surface area (Å²) in [5.41, 5.74) is 6.70. The van der Waals surface area contributed by atoms with Gasteiger partial charge in [-0.1, -0.05) is 30.3 Å². The lowest BCUT2D eigenvalue weighted by atomic mass is 10.0. The first-order chi connectivity index (χ1) is 7.85. The van der Waals surface area contributed by atoms with Gasteiger partial charge in [-0.05, 0) is 18.4 Å². The van der Waals surface area contributed by atoms with Gasteiger partial charge in [0.25, 0.3) is 0 Å². The maximum absolute atomic E-state index is 5.74. The Balaban J connectivity index is 1.79. The van der Waals surface area contributed by atoms with E-state index in [4.69, 9.17) is 15.2 Å². The molecule has 16 heavy (non-hydrogen) atoms. The molecule has 2 rings (SSSR count). The Bertz CT molecular complexity index is 307. The van der Waals surface area contributed by atoms with Gasteiger partial charge in [-0.25, -0.2) is 0 Å². The van der Waals surface area contributed by atoms with Crippen LogP contribution in [0.25, 0.3) is 0 Å². The average Bonchev–Trinajstić information content (AvgIpc) is 2.80. The number of hydrogen-bond donors (Lipinski definition) is 1. The van der Waals surface area contributed by atoms with Crippen LogP contribution in [0, 0.1) is 0 Å². The molecule has 1 aliphatic heterocycles. The highest BCUT2D eigenvalue weighted by molar-refractivity contribution is 5.13. The Morgan fingerprint density at radius 2 is 2.12 bits per heavy atom. The van der Waals surface area contributed by atoms with Crippen molar-refractivity contribution in [3.8, 4) is 0 Å². The molecule has 0 aromatic heterocycles.